The maximum absolute atomic E-state index is 13.4. The van der Waals surface area contributed by atoms with Crippen LogP contribution in [0.15, 0.2) is 66.7 Å². The van der Waals surface area contributed by atoms with E-state index >= 15 is 0 Å². The van der Waals surface area contributed by atoms with Crippen molar-refractivity contribution < 1.29 is 28.2 Å². The van der Waals surface area contributed by atoms with E-state index in [0.717, 1.165) is 11.6 Å². The standard InChI is InChI=1S/C24H19FN2O5/c1-31-24(30)17-6-2-4-15(10-17)13-27-20-12-19(8-9-21(20)32-14-22(27)28)26-23(29)16-5-3-7-18(25)11-16/h2-12H,13-14H2,1H3,(H,26,29). The van der Waals surface area contributed by atoms with Crippen LogP contribution in [0.5, 0.6) is 5.75 Å². The number of carbonyl (C=O) groups excluding carboxylic acids is 3. The Morgan fingerprint density at radius 2 is 1.84 bits per heavy atom. The number of amides is 2. The van der Waals surface area contributed by atoms with Gasteiger partial charge in [0.15, 0.2) is 6.61 Å². The van der Waals surface area contributed by atoms with Crippen molar-refractivity contribution in [2.75, 3.05) is 23.9 Å². The summed E-state index contributed by atoms with van der Waals surface area (Å²) in [6, 6.07) is 17.1. The van der Waals surface area contributed by atoms with Crippen LogP contribution >= 0.6 is 0 Å². The molecule has 0 aliphatic carbocycles. The number of fused-ring (bicyclic) bond motifs is 1. The first kappa shape index (κ1) is 21.0. The summed E-state index contributed by atoms with van der Waals surface area (Å²) >= 11 is 0. The van der Waals surface area contributed by atoms with Gasteiger partial charge in [-0.25, -0.2) is 9.18 Å². The van der Waals surface area contributed by atoms with E-state index in [-0.39, 0.29) is 24.6 Å². The van der Waals surface area contributed by atoms with Gasteiger partial charge < -0.3 is 19.7 Å². The van der Waals surface area contributed by atoms with Crippen molar-refractivity contribution in [3.05, 3.63) is 89.2 Å². The molecule has 1 N–H and O–H groups in total. The largest absolute Gasteiger partial charge is 0.482 e. The molecule has 7 nitrogen and oxygen atoms in total. The summed E-state index contributed by atoms with van der Waals surface area (Å²) in [4.78, 5) is 38.4. The number of benzene rings is 3. The van der Waals surface area contributed by atoms with Crippen molar-refractivity contribution in [2.24, 2.45) is 0 Å². The van der Waals surface area contributed by atoms with Crippen LogP contribution in [0.4, 0.5) is 15.8 Å². The highest BCUT2D eigenvalue weighted by Gasteiger charge is 2.26. The fourth-order valence-corrected chi connectivity index (χ4v) is 3.38. The van der Waals surface area contributed by atoms with Gasteiger partial charge in [0.05, 0.1) is 24.9 Å². The van der Waals surface area contributed by atoms with E-state index in [9.17, 15) is 18.8 Å². The van der Waals surface area contributed by atoms with Gasteiger partial charge in [-0.1, -0.05) is 18.2 Å². The van der Waals surface area contributed by atoms with E-state index in [4.69, 9.17) is 9.47 Å². The van der Waals surface area contributed by atoms with Gasteiger partial charge >= 0.3 is 5.97 Å². The minimum Gasteiger partial charge on any atom is -0.482 e. The summed E-state index contributed by atoms with van der Waals surface area (Å²) in [6.07, 6.45) is 0. The number of esters is 1. The van der Waals surface area contributed by atoms with E-state index in [0.29, 0.717) is 22.7 Å². The topological polar surface area (TPSA) is 84.9 Å². The third-order valence-corrected chi connectivity index (χ3v) is 4.94. The Labute approximate surface area is 183 Å². The molecule has 0 atom stereocenters. The summed E-state index contributed by atoms with van der Waals surface area (Å²) in [7, 11) is 1.30. The molecule has 0 aromatic heterocycles. The zero-order valence-corrected chi connectivity index (χ0v) is 17.1. The van der Waals surface area contributed by atoms with Crippen molar-refractivity contribution in [2.45, 2.75) is 6.54 Å². The summed E-state index contributed by atoms with van der Waals surface area (Å²) in [5, 5.41) is 2.71. The van der Waals surface area contributed by atoms with Crippen LogP contribution in [0, 0.1) is 5.82 Å². The molecule has 0 bridgehead atoms. The van der Waals surface area contributed by atoms with Crippen molar-refractivity contribution >= 4 is 29.2 Å². The molecular formula is C24H19FN2O5. The number of carbonyl (C=O) groups is 3. The molecule has 1 aliphatic heterocycles. The maximum atomic E-state index is 13.4. The van der Waals surface area contributed by atoms with Crippen LogP contribution in [0.25, 0.3) is 0 Å². The van der Waals surface area contributed by atoms with Crippen molar-refractivity contribution in [3.63, 3.8) is 0 Å². The van der Waals surface area contributed by atoms with E-state index in [2.05, 4.69) is 5.32 Å². The van der Waals surface area contributed by atoms with Crippen molar-refractivity contribution in [1.29, 1.82) is 0 Å². The molecule has 0 saturated heterocycles. The fraction of sp³-hybridized carbons (Fsp3) is 0.125. The highest BCUT2D eigenvalue weighted by Crippen LogP contribution is 2.35. The summed E-state index contributed by atoms with van der Waals surface area (Å²) in [5.41, 5.74) is 2.17. The first-order valence-electron chi connectivity index (χ1n) is 9.76. The van der Waals surface area contributed by atoms with Gasteiger partial charge in [-0.15, -0.1) is 0 Å². The molecule has 8 heteroatoms. The van der Waals surface area contributed by atoms with Gasteiger partial charge in [0.1, 0.15) is 11.6 Å². The zero-order valence-electron chi connectivity index (χ0n) is 17.1. The maximum Gasteiger partial charge on any atom is 0.337 e. The molecule has 162 valence electrons. The first-order valence-corrected chi connectivity index (χ1v) is 9.76. The number of hydrogen-bond donors (Lipinski definition) is 1. The molecule has 32 heavy (non-hydrogen) atoms. The SMILES string of the molecule is COC(=O)c1cccc(CN2C(=O)COc3ccc(NC(=O)c4cccc(F)c4)cc32)c1. The van der Waals surface area contributed by atoms with Crippen LogP contribution in [0.3, 0.4) is 0 Å². The number of nitrogens with one attached hydrogen (secondary N) is 1. The highest BCUT2D eigenvalue weighted by atomic mass is 19.1. The van der Waals surface area contributed by atoms with Gasteiger partial charge in [0.2, 0.25) is 0 Å². The third-order valence-electron chi connectivity index (χ3n) is 4.94. The average Bonchev–Trinajstić information content (AvgIpc) is 2.80. The quantitative estimate of drug-likeness (QED) is 0.618. The third kappa shape index (κ3) is 4.44. The second-order valence-corrected chi connectivity index (χ2v) is 7.11. The van der Waals surface area contributed by atoms with Crippen LogP contribution in [-0.4, -0.2) is 31.5 Å². The Balaban J connectivity index is 1.60. The lowest BCUT2D eigenvalue weighted by molar-refractivity contribution is -0.121. The predicted octanol–water partition coefficient (Wildman–Crippen LogP) is 3.79. The molecule has 3 aromatic rings. The predicted molar refractivity (Wildman–Crippen MR) is 115 cm³/mol. The van der Waals surface area contributed by atoms with Gasteiger partial charge in [0, 0.05) is 11.3 Å². The molecule has 0 unspecified atom stereocenters. The monoisotopic (exact) mass is 434 g/mol. The van der Waals surface area contributed by atoms with Crippen LogP contribution in [-0.2, 0) is 16.1 Å². The summed E-state index contributed by atoms with van der Waals surface area (Å²) in [5.74, 6) is -1.25. The molecule has 0 spiro atoms. The lowest BCUT2D eigenvalue weighted by Crippen LogP contribution is -2.38. The van der Waals surface area contributed by atoms with E-state index in [1.54, 1.807) is 42.5 Å². The summed E-state index contributed by atoms with van der Waals surface area (Å²) < 4.78 is 23.7. The van der Waals surface area contributed by atoms with Gasteiger partial charge in [0.25, 0.3) is 11.8 Å². The first-order chi connectivity index (χ1) is 15.4. The Morgan fingerprint density at radius 3 is 2.62 bits per heavy atom. The number of rotatable bonds is 5. The molecule has 3 aromatic carbocycles. The Morgan fingerprint density at radius 1 is 1.06 bits per heavy atom. The van der Waals surface area contributed by atoms with E-state index in [1.165, 1.54) is 30.2 Å². The number of anilines is 2. The molecule has 0 saturated carbocycles. The second-order valence-electron chi connectivity index (χ2n) is 7.11. The van der Waals surface area contributed by atoms with E-state index in [1.807, 2.05) is 0 Å². The fourth-order valence-electron chi connectivity index (χ4n) is 3.38. The number of halogens is 1. The van der Waals surface area contributed by atoms with Crippen molar-refractivity contribution in [1.82, 2.24) is 0 Å². The van der Waals surface area contributed by atoms with Crippen LogP contribution in [0.2, 0.25) is 0 Å². The van der Waals surface area contributed by atoms with Crippen LogP contribution in [0.1, 0.15) is 26.3 Å². The number of nitrogens with zero attached hydrogens (tertiary/aromatic N) is 1. The molecule has 1 aliphatic rings. The number of hydrogen-bond acceptors (Lipinski definition) is 5. The highest BCUT2D eigenvalue weighted by molar-refractivity contribution is 6.05. The minimum atomic E-state index is -0.512. The van der Waals surface area contributed by atoms with Gasteiger partial charge in [-0.05, 0) is 54.1 Å². The normalized spacial score (nSPS) is 12.6. The molecule has 4 rings (SSSR count). The Hall–Kier alpha value is -4.20. The molecule has 0 fully saturated rings. The van der Waals surface area contributed by atoms with E-state index < -0.39 is 17.7 Å². The Bertz CT molecular complexity index is 1210. The van der Waals surface area contributed by atoms with Gasteiger partial charge in [-0.2, -0.15) is 0 Å². The minimum absolute atomic E-state index is 0.126. The van der Waals surface area contributed by atoms with Gasteiger partial charge in [-0.3, -0.25) is 9.59 Å². The molecule has 1 heterocycles. The second kappa shape index (κ2) is 8.89. The zero-order chi connectivity index (χ0) is 22.7. The smallest absolute Gasteiger partial charge is 0.337 e. The average molecular weight is 434 g/mol. The molecule has 0 radical (unpaired) electrons. The molecule has 2 amide bonds. The summed E-state index contributed by atoms with van der Waals surface area (Å²) in [6.45, 7) is 0.0695. The lowest BCUT2D eigenvalue weighted by Gasteiger charge is -2.30. The van der Waals surface area contributed by atoms with Crippen LogP contribution < -0.4 is 15.0 Å². The van der Waals surface area contributed by atoms with Crippen molar-refractivity contribution in [3.8, 4) is 5.75 Å². The molecular weight excluding hydrogens is 415 g/mol. The Kier molecular flexibility index (Phi) is 5.85. The number of methoxy groups -OCH3 is 1. The lowest BCUT2D eigenvalue weighted by atomic mass is 10.1. The number of ether oxygens (including phenoxy) is 2.